The van der Waals surface area contributed by atoms with Gasteiger partial charge in [-0.15, -0.1) is 0 Å². The summed E-state index contributed by atoms with van der Waals surface area (Å²) in [4.78, 5) is 53.6. The van der Waals surface area contributed by atoms with Gasteiger partial charge in [-0.1, -0.05) is 30.6 Å². The van der Waals surface area contributed by atoms with Gasteiger partial charge in [0.1, 0.15) is 5.60 Å². The first-order valence-corrected chi connectivity index (χ1v) is 11.1. The van der Waals surface area contributed by atoms with Crippen molar-refractivity contribution in [3.05, 3.63) is 52.0 Å². The Hall–Kier alpha value is -3.30. The van der Waals surface area contributed by atoms with Crippen molar-refractivity contribution in [1.82, 2.24) is 9.72 Å². The molecule has 2 aliphatic rings. The molecule has 1 aromatic carbocycles. The molecule has 0 saturated heterocycles. The predicted octanol–water partition coefficient (Wildman–Crippen LogP) is 3.50. The molecule has 176 valence electrons. The molecule has 2 unspecified atom stereocenters. The molecule has 3 aromatic rings. The fourth-order valence-corrected chi connectivity index (χ4v) is 5.51. The third-order valence-electron chi connectivity index (χ3n) is 6.95. The minimum Gasteiger partial charge on any atom is -0.469 e. The van der Waals surface area contributed by atoms with E-state index in [0.29, 0.717) is 15.9 Å². The lowest BCUT2D eigenvalue weighted by molar-refractivity contribution is -0.139. The van der Waals surface area contributed by atoms with Gasteiger partial charge >= 0.3 is 11.9 Å². The zero-order valence-electron chi connectivity index (χ0n) is 18.9. The van der Waals surface area contributed by atoms with Crippen LogP contribution in [-0.2, 0) is 20.7 Å². The minimum atomic E-state index is -1.49. The topological polar surface area (TPSA) is 118 Å². The molecule has 0 amide bonds. The molecule has 2 aromatic heterocycles. The maximum atomic E-state index is 14.2. The highest BCUT2D eigenvalue weighted by atomic mass is 35.5. The number of nitrogens with zero attached hydrogens (tertiary/aromatic N) is 2. The van der Waals surface area contributed by atoms with Gasteiger partial charge < -0.3 is 14.0 Å². The molecule has 1 aliphatic carbocycles. The van der Waals surface area contributed by atoms with Crippen LogP contribution < -0.4 is 0 Å². The number of carbonyl (C=O) groups is 4. The van der Waals surface area contributed by atoms with E-state index >= 15 is 0 Å². The number of carbonyl (C=O) groups excluding carboxylic acids is 4. The molecule has 5 rings (SSSR count). The largest absolute Gasteiger partial charge is 0.469 e. The van der Waals surface area contributed by atoms with Crippen LogP contribution in [0.3, 0.4) is 0 Å². The van der Waals surface area contributed by atoms with Gasteiger partial charge in [0, 0.05) is 34.1 Å². The van der Waals surface area contributed by atoms with Gasteiger partial charge in [0.15, 0.2) is 11.5 Å². The van der Waals surface area contributed by atoms with Crippen molar-refractivity contribution < 1.29 is 33.2 Å². The molecule has 0 radical (unpaired) electrons. The number of methoxy groups -OCH3 is 1. The van der Waals surface area contributed by atoms with Gasteiger partial charge in [-0.25, -0.2) is 0 Å². The summed E-state index contributed by atoms with van der Waals surface area (Å²) in [5.41, 5.74) is -1.87. The van der Waals surface area contributed by atoms with E-state index in [1.165, 1.54) is 17.7 Å². The van der Waals surface area contributed by atoms with Crippen LogP contribution in [0.2, 0.25) is 5.02 Å². The minimum absolute atomic E-state index is 0.0278. The highest BCUT2D eigenvalue weighted by Gasteiger charge is 2.80. The number of aromatic nitrogens is 2. The highest BCUT2D eigenvalue weighted by molar-refractivity contribution is 6.31. The van der Waals surface area contributed by atoms with Crippen LogP contribution in [0.5, 0.6) is 0 Å². The molecule has 9 nitrogen and oxygen atoms in total. The van der Waals surface area contributed by atoms with Crippen molar-refractivity contribution in [1.29, 1.82) is 0 Å². The first kappa shape index (κ1) is 22.5. The van der Waals surface area contributed by atoms with Gasteiger partial charge in [-0.05, 0) is 25.1 Å². The second-order valence-corrected chi connectivity index (χ2v) is 9.41. The number of hydrogen-bond donors (Lipinski definition) is 0. The fraction of sp³-hybridized carbons (Fsp3) is 0.375. The third kappa shape index (κ3) is 2.74. The van der Waals surface area contributed by atoms with Crippen LogP contribution in [0.25, 0.3) is 10.9 Å². The average molecular weight is 485 g/mol. The molecule has 3 heterocycles. The Morgan fingerprint density at radius 3 is 2.65 bits per heavy atom. The Morgan fingerprint density at radius 2 is 1.97 bits per heavy atom. The zero-order chi connectivity index (χ0) is 24.6. The van der Waals surface area contributed by atoms with Gasteiger partial charge in [-0.2, -0.15) is 0 Å². The normalized spacial score (nSPS) is 23.0. The predicted molar refractivity (Wildman–Crippen MR) is 119 cm³/mol. The van der Waals surface area contributed by atoms with Crippen LogP contribution in [0.1, 0.15) is 57.9 Å². The van der Waals surface area contributed by atoms with E-state index in [4.69, 9.17) is 25.6 Å². The summed E-state index contributed by atoms with van der Waals surface area (Å²) in [7, 11) is 1.23. The maximum absolute atomic E-state index is 14.2. The molecule has 2 atom stereocenters. The van der Waals surface area contributed by atoms with E-state index < -0.39 is 40.4 Å². The van der Waals surface area contributed by atoms with Crippen LogP contribution >= 0.6 is 11.6 Å². The summed E-state index contributed by atoms with van der Waals surface area (Å²) in [6, 6.07) is 6.02. The lowest BCUT2D eigenvalue weighted by Crippen LogP contribution is -2.35. The third-order valence-corrected chi connectivity index (χ3v) is 7.18. The summed E-state index contributed by atoms with van der Waals surface area (Å²) in [5, 5.41) is 4.62. The van der Waals surface area contributed by atoms with Crippen molar-refractivity contribution in [2.45, 2.75) is 32.8 Å². The number of Topliss-reactive ketones (excluding diaryl/α,β-unsaturated/α-hetero) is 2. The maximum Gasteiger partial charge on any atom is 0.310 e. The Kier molecular flexibility index (Phi) is 4.86. The van der Waals surface area contributed by atoms with Crippen LogP contribution in [0.4, 0.5) is 0 Å². The zero-order valence-corrected chi connectivity index (χ0v) is 19.7. The van der Waals surface area contributed by atoms with Crippen molar-refractivity contribution in [3.8, 4) is 0 Å². The first-order chi connectivity index (χ1) is 16.1. The molecule has 1 fully saturated rings. The number of esters is 1. The Labute approximate surface area is 198 Å². The first-order valence-electron chi connectivity index (χ1n) is 10.7. The number of fused-ring (bicyclic) bond motifs is 6. The van der Waals surface area contributed by atoms with E-state index in [1.54, 1.807) is 39.0 Å². The van der Waals surface area contributed by atoms with E-state index in [2.05, 4.69) is 5.16 Å². The molecule has 0 N–H and O–H groups in total. The Morgan fingerprint density at radius 1 is 1.24 bits per heavy atom. The molecule has 0 spiro atoms. The van der Waals surface area contributed by atoms with Gasteiger partial charge in [0.2, 0.25) is 11.5 Å². The van der Waals surface area contributed by atoms with E-state index in [0.717, 1.165) is 0 Å². The molecular formula is C24H21ClN2O7. The average Bonchev–Trinajstić information content (AvgIpc) is 3.15. The lowest BCUT2D eigenvalue weighted by atomic mass is 9.99. The second kappa shape index (κ2) is 7.35. The summed E-state index contributed by atoms with van der Waals surface area (Å²) in [6.45, 7) is 5.42. The van der Waals surface area contributed by atoms with E-state index in [1.807, 2.05) is 0 Å². The quantitative estimate of drug-likeness (QED) is 0.516. The van der Waals surface area contributed by atoms with Gasteiger partial charge in [-0.3, -0.25) is 23.7 Å². The van der Waals surface area contributed by atoms with Crippen LogP contribution in [-0.4, -0.2) is 52.5 Å². The number of rotatable bonds is 4. The Bertz CT molecular complexity index is 1420. The second-order valence-electron chi connectivity index (χ2n) is 8.98. The van der Waals surface area contributed by atoms with Crippen LogP contribution in [0.15, 0.2) is 28.8 Å². The smallest absolute Gasteiger partial charge is 0.310 e. The molecular weight excluding hydrogens is 464 g/mol. The standard InChI is InChI=1S/C24H21ClN2O7/c1-5-33-24-20(23(24,2)3)19(29)18-13(9-17(28)32-4)12-8-11(25)6-7-15(12)27(18)22(31)16-10-14(21(24)30)26-34-16/h6-8,10,20H,5,9H2,1-4H3. The number of ketones is 2. The fourth-order valence-electron chi connectivity index (χ4n) is 5.34. The highest BCUT2D eigenvalue weighted by Crippen LogP contribution is 2.66. The number of ether oxygens (including phenoxy) is 2. The van der Waals surface area contributed by atoms with Crippen molar-refractivity contribution in [2.24, 2.45) is 11.3 Å². The summed E-state index contributed by atoms with van der Waals surface area (Å²) >= 11 is 6.23. The lowest BCUT2D eigenvalue weighted by Gasteiger charge is -2.18. The number of hydrogen-bond acceptors (Lipinski definition) is 8. The van der Waals surface area contributed by atoms with Gasteiger partial charge in [0.05, 0.1) is 30.7 Å². The molecule has 2 bridgehead atoms. The SMILES string of the molecule is CCOC12C(=O)c3cc(on3)C(=O)n3c(c(CC(=O)OC)c4cc(Cl)ccc43)C(=O)C1C2(C)C. The monoisotopic (exact) mass is 484 g/mol. The van der Waals surface area contributed by atoms with Crippen molar-refractivity contribution in [2.75, 3.05) is 13.7 Å². The van der Waals surface area contributed by atoms with Crippen molar-refractivity contribution in [3.63, 3.8) is 0 Å². The summed E-state index contributed by atoms with van der Waals surface area (Å²) in [6.07, 6.45) is -0.279. The molecule has 1 saturated carbocycles. The molecule has 34 heavy (non-hydrogen) atoms. The van der Waals surface area contributed by atoms with Gasteiger partial charge in [0.25, 0.3) is 0 Å². The Balaban J connectivity index is 1.88. The number of benzene rings is 1. The molecule has 1 aliphatic heterocycles. The number of halogens is 1. The summed E-state index contributed by atoms with van der Waals surface area (Å²) < 4.78 is 17.3. The van der Waals surface area contributed by atoms with E-state index in [9.17, 15) is 19.2 Å². The van der Waals surface area contributed by atoms with Crippen molar-refractivity contribution >= 4 is 45.9 Å². The van der Waals surface area contributed by atoms with Crippen LogP contribution in [0, 0.1) is 11.3 Å². The molecule has 10 heteroatoms. The summed E-state index contributed by atoms with van der Waals surface area (Å²) in [5.74, 6) is -3.46. The van der Waals surface area contributed by atoms with E-state index in [-0.39, 0.29) is 35.7 Å².